The van der Waals surface area contributed by atoms with E-state index in [4.69, 9.17) is 4.74 Å². The second kappa shape index (κ2) is 10.7. The molecule has 1 aromatic heterocycles. The van der Waals surface area contributed by atoms with Gasteiger partial charge in [-0.25, -0.2) is 4.98 Å². The molecule has 0 spiro atoms. The predicted octanol–water partition coefficient (Wildman–Crippen LogP) is 5.26. The molecule has 3 aromatic rings. The number of amides is 2. The number of hydrogen-bond donors (Lipinski definition) is 3. The monoisotopic (exact) mass is 511 g/mol. The molecule has 1 heterocycles. The lowest BCUT2D eigenvalue weighted by Crippen LogP contribution is -2.44. The zero-order chi connectivity index (χ0) is 26.8. The van der Waals surface area contributed by atoms with Crippen LogP contribution in [0, 0.1) is 0 Å². The molecule has 38 heavy (non-hydrogen) atoms. The molecular weight excluding hydrogens is 478 g/mol. The Balaban J connectivity index is 1.41. The van der Waals surface area contributed by atoms with Gasteiger partial charge in [0.15, 0.2) is 17.2 Å². The average Bonchev–Trinajstić information content (AvgIpc) is 3.83. The molecule has 3 N–H and O–H groups in total. The highest BCUT2D eigenvalue weighted by molar-refractivity contribution is 5.99. The van der Waals surface area contributed by atoms with E-state index in [1.165, 1.54) is 56.2 Å². The lowest BCUT2D eigenvalue weighted by Gasteiger charge is -2.19. The summed E-state index contributed by atoms with van der Waals surface area (Å²) in [7, 11) is 1.39. The lowest BCUT2D eigenvalue weighted by atomic mass is 9.92. The molecule has 2 amide bonds. The van der Waals surface area contributed by atoms with Crippen molar-refractivity contribution in [1.82, 2.24) is 15.6 Å². The first kappa shape index (κ1) is 25.5. The Morgan fingerprint density at radius 1 is 0.974 bits per heavy atom. The van der Waals surface area contributed by atoms with Crippen molar-refractivity contribution < 1.29 is 19.4 Å². The van der Waals surface area contributed by atoms with Crippen molar-refractivity contribution in [3.63, 3.8) is 0 Å². The van der Waals surface area contributed by atoms with Crippen molar-refractivity contribution >= 4 is 17.4 Å². The van der Waals surface area contributed by atoms with Crippen LogP contribution in [0.2, 0.25) is 0 Å². The molecule has 0 bridgehead atoms. The highest BCUT2D eigenvalue weighted by Gasteiger charge is 2.27. The third-order valence-electron chi connectivity index (χ3n) is 7.20. The number of hydrogen-bond acceptors (Lipinski definition) is 5. The van der Waals surface area contributed by atoms with Crippen LogP contribution in [0.3, 0.4) is 0 Å². The fourth-order valence-electron chi connectivity index (χ4n) is 4.78. The summed E-state index contributed by atoms with van der Waals surface area (Å²) < 4.78 is 5.05. The van der Waals surface area contributed by atoms with Crippen LogP contribution in [0.1, 0.15) is 84.1 Å². The first-order valence-electron chi connectivity index (χ1n) is 13.1. The van der Waals surface area contributed by atoms with Gasteiger partial charge in [0.05, 0.1) is 7.11 Å². The summed E-state index contributed by atoms with van der Waals surface area (Å²) >= 11 is 0. The van der Waals surface area contributed by atoms with E-state index in [1.54, 1.807) is 6.92 Å². The normalized spacial score (nSPS) is 15.3. The largest absolute Gasteiger partial charge is 0.503 e. The van der Waals surface area contributed by atoms with E-state index in [0.717, 1.165) is 16.7 Å². The number of ether oxygens (including phenoxy) is 1. The van der Waals surface area contributed by atoms with Gasteiger partial charge >= 0.3 is 0 Å². The maximum Gasteiger partial charge on any atom is 0.274 e. The number of aromatic nitrogens is 1. The molecule has 0 radical (unpaired) electrons. The Hall–Kier alpha value is -4.13. The number of carbonyl (C=O) groups is 2. The van der Waals surface area contributed by atoms with E-state index in [-0.39, 0.29) is 23.1 Å². The van der Waals surface area contributed by atoms with Crippen LogP contribution >= 0.6 is 0 Å². The van der Waals surface area contributed by atoms with Gasteiger partial charge in [-0.1, -0.05) is 48.5 Å². The summed E-state index contributed by atoms with van der Waals surface area (Å²) in [5.41, 5.74) is 6.23. The minimum absolute atomic E-state index is 0.132. The first-order chi connectivity index (χ1) is 18.4. The maximum absolute atomic E-state index is 13.2. The van der Waals surface area contributed by atoms with Gasteiger partial charge in [0, 0.05) is 23.5 Å². The maximum atomic E-state index is 13.2. The second-order valence-electron chi connectivity index (χ2n) is 10.2. The van der Waals surface area contributed by atoms with E-state index in [0.29, 0.717) is 17.5 Å². The van der Waals surface area contributed by atoms with E-state index >= 15 is 0 Å². The Bertz CT molecular complexity index is 1350. The van der Waals surface area contributed by atoms with Crippen LogP contribution in [-0.4, -0.2) is 35.1 Å². The molecule has 1 atom stereocenters. The Kier molecular flexibility index (Phi) is 7.18. The number of pyridine rings is 1. The van der Waals surface area contributed by atoms with Crippen molar-refractivity contribution in [2.45, 2.75) is 57.4 Å². The van der Waals surface area contributed by atoms with Gasteiger partial charge in [0.25, 0.3) is 5.91 Å². The fourth-order valence-corrected chi connectivity index (χ4v) is 4.78. The third kappa shape index (κ3) is 5.57. The number of allylic oxidation sites excluding steroid dienone is 1. The van der Waals surface area contributed by atoms with Crippen LogP contribution in [0.4, 0.5) is 0 Å². The highest BCUT2D eigenvalue weighted by Crippen LogP contribution is 2.43. The molecule has 0 aliphatic heterocycles. The molecule has 2 aliphatic carbocycles. The van der Waals surface area contributed by atoms with Crippen molar-refractivity contribution in [3.8, 4) is 11.5 Å². The molecule has 5 rings (SSSR count). The molecule has 7 nitrogen and oxygen atoms in total. The third-order valence-corrected chi connectivity index (χ3v) is 7.20. The number of benzene rings is 2. The molecule has 2 fully saturated rings. The van der Waals surface area contributed by atoms with E-state index in [2.05, 4.69) is 64.1 Å². The number of aromatic hydroxyl groups is 1. The SMILES string of the molecule is COc1ccnc(C(=O)N[C@@H](C)C(=O)NC(C)=C(c2cccc(C3CC3)c2)c2cccc(C3CC3)c2)c1O. The van der Waals surface area contributed by atoms with Gasteiger partial charge in [-0.15, -0.1) is 0 Å². The topological polar surface area (TPSA) is 101 Å². The van der Waals surface area contributed by atoms with Gasteiger partial charge in [-0.3, -0.25) is 9.59 Å². The highest BCUT2D eigenvalue weighted by atomic mass is 16.5. The summed E-state index contributed by atoms with van der Waals surface area (Å²) in [4.78, 5) is 29.9. The summed E-state index contributed by atoms with van der Waals surface area (Å²) in [6.07, 6.45) is 6.21. The quantitative estimate of drug-likeness (QED) is 0.364. The van der Waals surface area contributed by atoms with Crippen LogP contribution < -0.4 is 15.4 Å². The van der Waals surface area contributed by atoms with Crippen molar-refractivity contribution in [3.05, 3.63) is 94.4 Å². The zero-order valence-corrected chi connectivity index (χ0v) is 22.0. The van der Waals surface area contributed by atoms with Gasteiger partial charge < -0.3 is 20.5 Å². The van der Waals surface area contributed by atoms with Gasteiger partial charge in [0.1, 0.15) is 6.04 Å². The average molecular weight is 512 g/mol. The first-order valence-corrected chi connectivity index (χ1v) is 13.1. The lowest BCUT2D eigenvalue weighted by molar-refractivity contribution is -0.121. The summed E-state index contributed by atoms with van der Waals surface area (Å²) in [6, 6.07) is 17.7. The van der Waals surface area contributed by atoms with Crippen LogP contribution in [0.15, 0.2) is 66.5 Å². The summed E-state index contributed by atoms with van der Waals surface area (Å²) in [6.45, 7) is 3.49. The Morgan fingerprint density at radius 2 is 1.55 bits per heavy atom. The molecule has 2 aromatic carbocycles. The standard InChI is InChI=1S/C31H33N3O4/c1-18(33-30(36)19(2)34-31(37)28-29(35)26(38-3)14-15-32-28)27(24-8-4-6-22(16-24)20-10-11-20)25-9-5-7-23(17-25)21-12-13-21/h4-9,14-17,19-21,35H,10-13H2,1-3H3,(H,33,36)(H,34,37)/t19-/m0/s1. The van der Waals surface area contributed by atoms with Crippen LogP contribution in [0.25, 0.3) is 5.57 Å². The summed E-state index contributed by atoms with van der Waals surface area (Å²) in [5, 5.41) is 15.9. The van der Waals surface area contributed by atoms with Crippen molar-refractivity contribution in [1.29, 1.82) is 0 Å². The fraction of sp³-hybridized carbons (Fsp3) is 0.323. The predicted molar refractivity (Wildman–Crippen MR) is 146 cm³/mol. The minimum Gasteiger partial charge on any atom is -0.503 e. The molecule has 7 heteroatoms. The van der Waals surface area contributed by atoms with Crippen LogP contribution in [0.5, 0.6) is 11.5 Å². The second-order valence-corrected chi connectivity index (χ2v) is 10.2. The van der Waals surface area contributed by atoms with Gasteiger partial charge in [-0.2, -0.15) is 0 Å². The van der Waals surface area contributed by atoms with E-state index < -0.39 is 11.9 Å². The molecule has 0 saturated heterocycles. The number of rotatable bonds is 9. The van der Waals surface area contributed by atoms with E-state index in [9.17, 15) is 14.7 Å². The van der Waals surface area contributed by atoms with Gasteiger partial charge in [-0.05, 0) is 73.6 Å². The number of nitrogens with one attached hydrogen (secondary N) is 2. The van der Waals surface area contributed by atoms with Crippen molar-refractivity contribution in [2.24, 2.45) is 0 Å². The van der Waals surface area contributed by atoms with Gasteiger partial charge in [0.2, 0.25) is 5.91 Å². The Morgan fingerprint density at radius 3 is 2.08 bits per heavy atom. The smallest absolute Gasteiger partial charge is 0.274 e. The molecule has 2 saturated carbocycles. The zero-order valence-electron chi connectivity index (χ0n) is 22.0. The molecular formula is C31H33N3O4. The molecule has 196 valence electrons. The number of nitrogens with zero attached hydrogens (tertiary/aromatic N) is 1. The van der Waals surface area contributed by atoms with Crippen LogP contribution in [-0.2, 0) is 4.79 Å². The number of carbonyl (C=O) groups excluding carboxylic acids is 2. The Labute approximate surface area is 223 Å². The van der Waals surface area contributed by atoms with Crippen molar-refractivity contribution in [2.75, 3.05) is 7.11 Å². The minimum atomic E-state index is -0.873. The molecule has 2 aliphatic rings. The van der Waals surface area contributed by atoms with E-state index in [1.807, 2.05) is 6.92 Å². The molecule has 0 unspecified atom stereocenters. The number of methoxy groups -OCH3 is 1. The summed E-state index contributed by atoms with van der Waals surface area (Å²) in [5.74, 6) is -0.0498.